The minimum Gasteiger partial charge on any atom is -0.394 e. The first-order valence-electron chi connectivity index (χ1n) is 10.6. The topological polar surface area (TPSA) is 210 Å². The van der Waals surface area contributed by atoms with Gasteiger partial charge in [-0.1, -0.05) is 0 Å². The van der Waals surface area contributed by atoms with Crippen LogP contribution in [0.4, 0.5) is 0 Å². The van der Waals surface area contributed by atoms with Crippen LogP contribution in [0.1, 0.15) is 0 Å². The van der Waals surface area contributed by atoms with E-state index in [2.05, 4.69) is 25.3 Å². The second-order valence-corrected chi connectivity index (χ2v) is 12.0. The van der Waals surface area contributed by atoms with Gasteiger partial charge in [0.2, 0.25) is 0 Å². The second-order valence-electron chi connectivity index (χ2n) is 8.33. The molecule has 3 saturated heterocycles. The maximum atomic E-state index is 10.8. The molecule has 0 amide bonds. The Kier molecular flexibility index (Phi) is 11.0. The third-order valence-electron chi connectivity index (χ3n) is 6.09. The molecule has 0 aliphatic carbocycles. The Hall–Kier alpha value is 0.920. The summed E-state index contributed by atoms with van der Waals surface area (Å²) < 4.78 is 16.8. The van der Waals surface area contributed by atoms with Crippen molar-refractivity contribution in [1.82, 2.24) is 0 Å². The van der Waals surface area contributed by atoms with Gasteiger partial charge in [0.05, 0.1) is 72.2 Å². The maximum Gasteiger partial charge on any atom is 0.132 e. The molecule has 3 heterocycles. The number of aliphatic hydroxyl groups is 9. The molecule has 0 radical (unpaired) electrons. The fraction of sp³-hybridized carbons (Fsp3) is 1.00. The van der Waals surface area contributed by atoms with E-state index in [1.807, 2.05) is 0 Å². The first-order chi connectivity index (χ1) is 16.0. The molecule has 0 aromatic heterocycles. The van der Waals surface area contributed by atoms with Crippen molar-refractivity contribution in [2.24, 2.45) is 0 Å². The number of thioether (sulfide) groups is 2. The van der Waals surface area contributed by atoms with Crippen LogP contribution in [0.2, 0.25) is 0 Å². The summed E-state index contributed by atoms with van der Waals surface area (Å²) >= 11 is 9.82. The number of thiol groups is 2. The zero-order valence-electron chi connectivity index (χ0n) is 17.7. The molecule has 3 rings (SSSR count). The summed E-state index contributed by atoms with van der Waals surface area (Å²) in [4.78, 5) is 0. The molecule has 9 N–H and O–H groups in total. The first-order valence-corrected chi connectivity index (χ1v) is 13.5. The Bertz CT molecular complexity index is 648. The van der Waals surface area contributed by atoms with Crippen molar-refractivity contribution in [1.29, 1.82) is 0 Å². The van der Waals surface area contributed by atoms with Crippen molar-refractivity contribution >= 4 is 48.8 Å². The summed E-state index contributed by atoms with van der Waals surface area (Å²) in [5.41, 5.74) is -3.34. The minimum absolute atomic E-state index is 0.472. The molecular weight excluding hydrogens is 536 g/mol. The van der Waals surface area contributed by atoms with E-state index in [4.69, 9.17) is 14.2 Å². The van der Waals surface area contributed by atoms with Crippen LogP contribution in [0.15, 0.2) is 0 Å². The Morgan fingerprint density at radius 2 is 0.941 bits per heavy atom. The summed E-state index contributed by atoms with van der Waals surface area (Å²) in [5, 5.41) is 88.9. The smallest absolute Gasteiger partial charge is 0.132 e. The van der Waals surface area contributed by atoms with Gasteiger partial charge in [0.25, 0.3) is 0 Å². The average molecular weight is 569 g/mol. The molecule has 3 aliphatic rings. The highest BCUT2D eigenvalue weighted by atomic mass is 32.2. The van der Waals surface area contributed by atoms with E-state index in [9.17, 15) is 46.0 Å². The molecule has 0 aromatic rings. The molecule has 0 aromatic carbocycles. The quantitative estimate of drug-likeness (QED) is 0.131. The van der Waals surface area contributed by atoms with Crippen molar-refractivity contribution in [3.63, 3.8) is 0 Å². The van der Waals surface area contributed by atoms with E-state index in [1.165, 1.54) is 0 Å². The van der Waals surface area contributed by atoms with Gasteiger partial charge in [-0.05, 0) is 0 Å². The first kappa shape index (κ1) is 29.5. The van der Waals surface area contributed by atoms with Crippen LogP contribution >= 0.6 is 48.8 Å². The van der Waals surface area contributed by atoms with Gasteiger partial charge >= 0.3 is 0 Å². The molecular formula is C18H32O12S4. The van der Waals surface area contributed by atoms with E-state index >= 15 is 0 Å². The third kappa shape index (κ3) is 5.98. The zero-order chi connectivity index (χ0) is 25.3. The van der Waals surface area contributed by atoms with Gasteiger partial charge in [0.1, 0.15) is 34.6 Å². The van der Waals surface area contributed by atoms with Crippen molar-refractivity contribution in [3.05, 3.63) is 0 Å². The molecule has 16 heteroatoms. The summed E-state index contributed by atoms with van der Waals surface area (Å²) in [6, 6.07) is 0. The van der Waals surface area contributed by atoms with Crippen molar-refractivity contribution < 1.29 is 60.2 Å². The van der Waals surface area contributed by atoms with E-state index in [1.54, 1.807) is 0 Å². The SMILES string of the molecule is OC[C@H]1O[C@@H](S[C@H]2[C@H](O)[C@@H](O)[C@H](S[C@H]3[C@H](O)[C@@H](O)[C@H](S)O[C@@H]3CO)O[C@@H]2CO)[C@H](O)[C@@H](O)[C@@H]1S. The number of ether oxygens (including phenoxy) is 3. The highest BCUT2D eigenvalue weighted by Gasteiger charge is 2.52. The number of hydrogen-bond donors (Lipinski definition) is 11. The number of rotatable bonds is 7. The Labute approximate surface area is 215 Å². The normalized spacial score (nSPS) is 52.5. The highest BCUT2D eigenvalue weighted by molar-refractivity contribution is 8.01. The van der Waals surface area contributed by atoms with Crippen LogP contribution in [0.3, 0.4) is 0 Å². The molecule has 200 valence electrons. The Morgan fingerprint density at radius 3 is 1.44 bits per heavy atom. The van der Waals surface area contributed by atoms with E-state index < -0.39 is 107 Å². The number of aliphatic hydroxyl groups excluding tert-OH is 9. The molecule has 12 nitrogen and oxygen atoms in total. The lowest BCUT2D eigenvalue weighted by Gasteiger charge is -2.47. The Morgan fingerprint density at radius 1 is 0.529 bits per heavy atom. The van der Waals surface area contributed by atoms with Crippen LogP contribution in [-0.4, -0.2) is 153 Å². The van der Waals surface area contributed by atoms with Gasteiger partial charge < -0.3 is 60.2 Å². The van der Waals surface area contributed by atoms with Crippen molar-refractivity contribution in [2.75, 3.05) is 19.8 Å². The highest BCUT2D eigenvalue weighted by Crippen LogP contribution is 2.42. The second kappa shape index (κ2) is 12.6. The standard InChI is InChI=1S/C18H32O12S4/c19-1-4-13(31)7(22)11(26)17(29-4)34-15-6(3-21)30-18(12(27)9(15)24)33-14-5(2-20)28-16(32)10(25)8(14)23/h4-27,31-32H,1-3H2/t4-,5-,6-,7-,8-,9-,10-,11-,12-,13-,14-,15-,16+,17+,18+/m1/s1. The van der Waals surface area contributed by atoms with Gasteiger partial charge in [-0.25, -0.2) is 0 Å². The van der Waals surface area contributed by atoms with E-state index in [0.29, 0.717) is 0 Å². The molecule has 0 unspecified atom stereocenters. The monoisotopic (exact) mass is 568 g/mol. The van der Waals surface area contributed by atoms with Gasteiger partial charge in [0.15, 0.2) is 0 Å². The average Bonchev–Trinajstić information content (AvgIpc) is 2.83. The number of hydrogen-bond acceptors (Lipinski definition) is 16. The van der Waals surface area contributed by atoms with Crippen molar-refractivity contribution in [2.45, 2.75) is 87.0 Å². The summed E-state index contributed by atoms with van der Waals surface area (Å²) in [5.74, 6) is 0. The molecule has 15 atom stereocenters. The van der Waals surface area contributed by atoms with Gasteiger partial charge in [0, 0.05) is 0 Å². The van der Waals surface area contributed by atoms with Crippen LogP contribution in [0.25, 0.3) is 0 Å². The van der Waals surface area contributed by atoms with Crippen LogP contribution in [0.5, 0.6) is 0 Å². The van der Waals surface area contributed by atoms with Crippen LogP contribution < -0.4 is 0 Å². The van der Waals surface area contributed by atoms with Gasteiger partial charge in [-0.15, -0.1) is 36.2 Å². The molecule has 3 aliphatic heterocycles. The van der Waals surface area contributed by atoms with E-state index in [-0.39, 0.29) is 0 Å². The minimum atomic E-state index is -1.54. The molecule has 0 spiro atoms. The lowest BCUT2D eigenvalue weighted by atomic mass is 10.0. The summed E-state index contributed by atoms with van der Waals surface area (Å²) in [6.45, 7) is -1.57. The predicted molar refractivity (Wildman–Crippen MR) is 128 cm³/mol. The fourth-order valence-electron chi connectivity index (χ4n) is 4.06. The lowest BCUT2D eigenvalue weighted by Crippen LogP contribution is -2.61. The molecule has 3 fully saturated rings. The van der Waals surface area contributed by atoms with Gasteiger partial charge in [-0.2, -0.15) is 12.6 Å². The molecule has 34 heavy (non-hydrogen) atoms. The van der Waals surface area contributed by atoms with Crippen LogP contribution in [0, 0.1) is 0 Å². The predicted octanol–water partition coefficient (Wildman–Crippen LogP) is -4.26. The van der Waals surface area contributed by atoms with E-state index in [0.717, 1.165) is 23.5 Å². The Balaban J connectivity index is 1.72. The van der Waals surface area contributed by atoms with Gasteiger partial charge in [-0.3, -0.25) is 0 Å². The molecule has 0 bridgehead atoms. The largest absolute Gasteiger partial charge is 0.394 e. The maximum absolute atomic E-state index is 10.8. The summed E-state index contributed by atoms with van der Waals surface area (Å²) in [7, 11) is 0. The lowest BCUT2D eigenvalue weighted by molar-refractivity contribution is -0.152. The fourth-order valence-corrected chi connectivity index (χ4v) is 7.70. The molecule has 0 saturated carbocycles. The summed E-state index contributed by atoms with van der Waals surface area (Å²) in [6.07, 6.45) is -11.5. The van der Waals surface area contributed by atoms with Crippen LogP contribution in [-0.2, 0) is 14.2 Å². The van der Waals surface area contributed by atoms with Crippen molar-refractivity contribution in [3.8, 4) is 0 Å². The third-order valence-corrected chi connectivity index (χ3v) is 10.3. The zero-order valence-corrected chi connectivity index (χ0v) is 21.2.